The highest BCUT2D eigenvalue weighted by Gasteiger charge is 2.28. The van der Waals surface area contributed by atoms with E-state index in [4.69, 9.17) is 0 Å². The number of nitrogens with zero attached hydrogens (tertiary/aromatic N) is 2. The van der Waals surface area contributed by atoms with Crippen molar-refractivity contribution >= 4 is 38.6 Å². The topological polar surface area (TPSA) is 69.7 Å². The Kier molecular flexibility index (Phi) is 8.00. The van der Waals surface area contributed by atoms with Gasteiger partial charge in [0.1, 0.15) is 0 Å². The minimum absolute atomic E-state index is 0.0589. The zero-order chi connectivity index (χ0) is 22.4. The third-order valence-electron chi connectivity index (χ3n) is 5.66. The summed E-state index contributed by atoms with van der Waals surface area (Å²) in [6.45, 7) is 2.30. The molecular weight excluding hydrogens is 430 g/mol. The molecule has 0 spiro atoms. The van der Waals surface area contributed by atoms with Gasteiger partial charge in [-0.25, -0.2) is 8.42 Å². The number of amides is 1. The van der Waals surface area contributed by atoms with E-state index in [0.29, 0.717) is 18.7 Å². The van der Waals surface area contributed by atoms with Crippen LogP contribution in [0.25, 0.3) is 0 Å². The summed E-state index contributed by atoms with van der Waals surface area (Å²) < 4.78 is 27.2. The zero-order valence-electron chi connectivity index (χ0n) is 18.6. The van der Waals surface area contributed by atoms with Crippen LogP contribution < -0.4 is 9.62 Å². The highest BCUT2D eigenvalue weighted by molar-refractivity contribution is 7.92. The largest absolute Gasteiger partial charge is 0.377 e. The molecule has 1 aliphatic rings. The number of carbonyl (C=O) groups excluding carboxylic acids is 1. The van der Waals surface area contributed by atoms with Crippen LogP contribution in [0.5, 0.6) is 0 Å². The van der Waals surface area contributed by atoms with Crippen molar-refractivity contribution in [2.24, 2.45) is 0 Å². The van der Waals surface area contributed by atoms with Crippen molar-refractivity contribution in [3.8, 4) is 0 Å². The Morgan fingerprint density at radius 3 is 2.52 bits per heavy atom. The molecule has 6 nitrogen and oxygen atoms in total. The van der Waals surface area contributed by atoms with Crippen LogP contribution >= 0.6 is 11.3 Å². The average molecular weight is 464 g/mol. The maximum Gasteiger partial charge on any atom is 0.264 e. The number of nitrogens with one attached hydrogen (secondary N) is 1. The van der Waals surface area contributed by atoms with Crippen LogP contribution in [-0.4, -0.2) is 45.1 Å². The smallest absolute Gasteiger partial charge is 0.264 e. The van der Waals surface area contributed by atoms with E-state index in [1.54, 1.807) is 6.07 Å². The summed E-state index contributed by atoms with van der Waals surface area (Å²) in [5, 5.41) is 1.93. The Balaban J connectivity index is 1.94. The van der Waals surface area contributed by atoms with Gasteiger partial charge in [-0.1, -0.05) is 32.3 Å². The summed E-state index contributed by atoms with van der Waals surface area (Å²) in [6.07, 6.45) is 6.07. The van der Waals surface area contributed by atoms with E-state index < -0.39 is 10.0 Å². The monoisotopic (exact) mass is 463 g/mol. The van der Waals surface area contributed by atoms with E-state index in [9.17, 15) is 13.2 Å². The minimum atomic E-state index is -3.38. The first-order valence-electron chi connectivity index (χ1n) is 11.0. The second kappa shape index (κ2) is 10.5. The predicted octanol–water partition coefficient (Wildman–Crippen LogP) is 4.94. The van der Waals surface area contributed by atoms with Gasteiger partial charge in [-0.3, -0.25) is 9.52 Å². The lowest BCUT2D eigenvalue weighted by atomic mass is 9.93. The summed E-state index contributed by atoms with van der Waals surface area (Å²) in [5.74, 6) is 0.145. The number of benzene rings is 1. The molecule has 1 heterocycles. The van der Waals surface area contributed by atoms with Gasteiger partial charge < -0.3 is 9.80 Å². The molecule has 1 saturated carbocycles. The molecule has 1 amide bonds. The van der Waals surface area contributed by atoms with Crippen LogP contribution in [0.2, 0.25) is 0 Å². The number of carbonyl (C=O) groups is 1. The molecule has 0 atom stereocenters. The van der Waals surface area contributed by atoms with E-state index in [0.717, 1.165) is 41.8 Å². The Hall–Kier alpha value is -2.06. The van der Waals surface area contributed by atoms with E-state index in [2.05, 4.69) is 4.72 Å². The first-order valence-corrected chi connectivity index (χ1v) is 13.5. The van der Waals surface area contributed by atoms with Crippen molar-refractivity contribution in [3.05, 3.63) is 46.2 Å². The van der Waals surface area contributed by atoms with E-state index in [1.807, 2.05) is 60.5 Å². The van der Waals surface area contributed by atoms with Crippen LogP contribution in [0.3, 0.4) is 0 Å². The lowest BCUT2D eigenvalue weighted by molar-refractivity contribution is 0.0619. The lowest BCUT2D eigenvalue weighted by Gasteiger charge is -2.35. The van der Waals surface area contributed by atoms with Crippen molar-refractivity contribution in [1.29, 1.82) is 0 Å². The maximum atomic E-state index is 13.4. The van der Waals surface area contributed by atoms with Crippen LogP contribution in [-0.2, 0) is 16.6 Å². The molecule has 31 heavy (non-hydrogen) atoms. The second-order valence-corrected chi connectivity index (χ2v) is 11.2. The van der Waals surface area contributed by atoms with Crippen molar-refractivity contribution < 1.29 is 13.2 Å². The second-order valence-electron chi connectivity index (χ2n) is 8.36. The van der Waals surface area contributed by atoms with Crippen molar-refractivity contribution in [2.75, 3.05) is 29.5 Å². The van der Waals surface area contributed by atoms with Gasteiger partial charge in [-0.2, -0.15) is 0 Å². The van der Waals surface area contributed by atoms with Gasteiger partial charge in [-0.15, -0.1) is 11.3 Å². The molecule has 1 aromatic carbocycles. The van der Waals surface area contributed by atoms with Gasteiger partial charge in [0, 0.05) is 38.1 Å². The normalized spacial score (nSPS) is 14.9. The minimum Gasteiger partial charge on any atom is -0.377 e. The number of sulfonamides is 1. The van der Waals surface area contributed by atoms with Gasteiger partial charge >= 0.3 is 0 Å². The Morgan fingerprint density at radius 1 is 1.16 bits per heavy atom. The molecule has 0 unspecified atom stereocenters. The van der Waals surface area contributed by atoms with Crippen LogP contribution in [0.15, 0.2) is 35.7 Å². The third-order valence-corrected chi connectivity index (χ3v) is 8.01. The molecule has 0 saturated heterocycles. The predicted molar refractivity (Wildman–Crippen MR) is 130 cm³/mol. The molecule has 8 heteroatoms. The standard InChI is InChI=1S/C23H33N3O3S2/c1-4-15-31(28,29)24-19-12-13-21(25(2)3)18(16-19)17-26(20-9-6-5-7-10-20)23(27)22-11-8-14-30-22/h8,11-14,16,20,24H,4-7,9-10,15,17H2,1-3H3. The van der Waals surface area contributed by atoms with Crippen molar-refractivity contribution in [1.82, 2.24) is 4.90 Å². The summed E-state index contributed by atoms with van der Waals surface area (Å²) in [5.41, 5.74) is 2.47. The van der Waals surface area contributed by atoms with Crippen LogP contribution in [0.1, 0.15) is 60.7 Å². The average Bonchev–Trinajstić information content (AvgIpc) is 3.26. The van der Waals surface area contributed by atoms with Crippen molar-refractivity contribution in [2.45, 2.75) is 58.0 Å². The quantitative estimate of drug-likeness (QED) is 0.572. The van der Waals surface area contributed by atoms with Gasteiger partial charge in [0.15, 0.2) is 0 Å². The molecule has 1 aliphatic carbocycles. The Labute approximate surface area is 190 Å². The highest BCUT2D eigenvalue weighted by atomic mass is 32.2. The first kappa shape index (κ1) is 23.6. The Bertz CT molecular complexity index is 966. The summed E-state index contributed by atoms with van der Waals surface area (Å²) in [7, 11) is 0.550. The summed E-state index contributed by atoms with van der Waals surface area (Å²) in [6, 6.07) is 9.58. The number of thiophene rings is 1. The molecule has 1 fully saturated rings. The van der Waals surface area contributed by atoms with Gasteiger partial charge in [0.25, 0.3) is 5.91 Å². The van der Waals surface area contributed by atoms with Crippen LogP contribution in [0, 0.1) is 0 Å². The molecule has 3 rings (SSSR count). The summed E-state index contributed by atoms with van der Waals surface area (Å²) >= 11 is 1.47. The SMILES string of the molecule is CCCS(=O)(=O)Nc1ccc(N(C)C)c(CN(C(=O)c2cccs2)C2CCCCC2)c1. The van der Waals surface area contributed by atoms with Crippen LogP contribution in [0.4, 0.5) is 11.4 Å². The third kappa shape index (κ3) is 6.23. The molecule has 0 bridgehead atoms. The van der Waals surface area contributed by atoms with E-state index >= 15 is 0 Å². The van der Waals surface area contributed by atoms with Crippen molar-refractivity contribution in [3.63, 3.8) is 0 Å². The molecule has 0 aliphatic heterocycles. The molecule has 0 radical (unpaired) electrons. The molecule has 1 aromatic heterocycles. The number of hydrogen-bond donors (Lipinski definition) is 1. The molecular formula is C23H33N3O3S2. The van der Waals surface area contributed by atoms with Gasteiger partial charge in [0.2, 0.25) is 10.0 Å². The number of anilines is 2. The van der Waals surface area contributed by atoms with Gasteiger partial charge in [0.05, 0.1) is 10.6 Å². The summed E-state index contributed by atoms with van der Waals surface area (Å²) in [4.78, 5) is 18.2. The molecule has 2 aromatic rings. The zero-order valence-corrected chi connectivity index (χ0v) is 20.3. The Morgan fingerprint density at radius 2 is 1.90 bits per heavy atom. The highest BCUT2D eigenvalue weighted by Crippen LogP contribution is 2.30. The fraction of sp³-hybridized carbons (Fsp3) is 0.522. The molecule has 170 valence electrons. The van der Waals surface area contributed by atoms with E-state index in [-0.39, 0.29) is 17.7 Å². The maximum absolute atomic E-state index is 13.4. The lowest BCUT2D eigenvalue weighted by Crippen LogP contribution is -2.41. The number of hydrogen-bond acceptors (Lipinski definition) is 5. The fourth-order valence-corrected chi connectivity index (χ4v) is 6.00. The van der Waals surface area contributed by atoms with Gasteiger partial charge in [-0.05, 0) is 54.5 Å². The molecule has 1 N–H and O–H groups in total. The fourth-order valence-electron chi connectivity index (χ4n) is 4.20. The first-order chi connectivity index (χ1) is 14.8. The number of rotatable bonds is 9. The van der Waals surface area contributed by atoms with E-state index in [1.165, 1.54) is 17.8 Å².